The predicted octanol–water partition coefficient (Wildman–Crippen LogP) is 3.20. The molecule has 0 spiro atoms. The van der Waals surface area contributed by atoms with Crippen molar-refractivity contribution >= 4 is 6.09 Å². The summed E-state index contributed by atoms with van der Waals surface area (Å²) in [6, 6.07) is 0. The fourth-order valence-corrected chi connectivity index (χ4v) is 3.69. The number of carbonyl (C=O) groups is 1. The van der Waals surface area contributed by atoms with Gasteiger partial charge in [-0.2, -0.15) is 13.2 Å². The molecule has 2 saturated heterocycles. The summed E-state index contributed by atoms with van der Waals surface area (Å²) >= 11 is 0. The number of carbonyl (C=O) groups excluding carboxylic acids is 1. The van der Waals surface area contributed by atoms with Gasteiger partial charge in [0.1, 0.15) is 5.60 Å². The van der Waals surface area contributed by atoms with Crippen LogP contribution in [0.4, 0.5) is 18.0 Å². The van der Waals surface area contributed by atoms with E-state index in [1.54, 1.807) is 4.90 Å². The van der Waals surface area contributed by atoms with Crippen molar-refractivity contribution in [3.8, 4) is 0 Å². The van der Waals surface area contributed by atoms with Gasteiger partial charge in [0, 0.05) is 32.7 Å². The van der Waals surface area contributed by atoms with E-state index in [1.165, 1.54) is 4.90 Å². The number of amides is 1. The topological polar surface area (TPSA) is 36.0 Å². The molecule has 26 heavy (non-hydrogen) atoms. The fraction of sp³-hybridized carbons (Fsp3) is 0.944. The van der Waals surface area contributed by atoms with Crippen LogP contribution in [0.5, 0.6) is 0 Å². The zero-order valence-electron chi connectivity index (χ0n) is 16.1. The minimum absolute atomic E-state index is 0.269. The molecule has 2 aliphatic heterocycles. The van der Waals surface area contributed by atoms with E-state index in [1.807, 2.05) is 20.8 Å². The minimum atomic E-state index is -4.13. The molecule has 0 aromatic carbocycles. The van der Waals surface area contributed by atoms with E-state index < -0.39 is 18.3 Å². The minimum Gasteiger partial charge on any atom is -0.444 e. The number of nitrogens with zero attached hydrogens (tertiary/aromatic N) is 3. The summed E-state index contributed by atoms with van der Waals surface area (Å²) in [5.74, 6) is 0.352. The number of alkyl halides is 3. The number of ether oxygens (including phenoxy) is 1. The molecule has 5 nitrogen and oxygen atoms in total. The Morgan fingerprint density at radius 3 is 2.31 bits per heavy atom. The lowest BCUT2D eigenvalue weighted by molar-refractivity contribution is -0.145. The second-order valence-corrected chi connectivity index (χ2v) is 8.48. The van der Waals surface area contributed by atoms with Crippen LogP contribution in [0.2, 0.25) is 0 Å². The molecular weight excluding hydrogens is 347 g/mol. The molecule has 0 aromatic heterocycles. The summed E-state index contributed by atoms with van der Waals surface area (Å²) in [5, 5.41) is 0. The molecule has 0 radical (unpaired) electrons. The fourth-order valence-electron chi connectivity index (χ4n) is 3.69. The molecule has 1 atom stereocenters. The standard InChI is InChI=1S/C18H32F3N3O2/c1-17(2,3)26-16(25)24-9-4-6-15(13-24)12-22-7-5-8-23(11-10-22)14-18(19,20)21/h15H,4-14H2,1-3H3/t15-/m1/s1. The monoisotopic (exact) mass is 379 g/mol. The van der Waals surface area contributed by atoms with Crippen molar-refractivity contribution in [3.05, 3.63) is 0 Å². The molecule has 0 bridgehead atoms. The van der Waals surface area contributed by atoms with Gasteiger partial charge < -0.3 is 14.5 Å². The van der Waals surface area contributed by atoms with Gasteiger partial charge in [0.2, 0.25) is 0 Å². The second-order valence-electron chi connectivity index (χ2n) is 8.48. The average Bonchev–Trinajstić information content (AvgIpc) is 2.69. The van der Waals surface area contributed by atoms with Crippen LogP contribution in [-0.4, -0.2) is 84.9 Å². The smallest absolute Gasteiger partial charge is 0.410 e. The van der Waals surface area contributed by atoms with E-state index in [0.29, 0.717) is 38.6 Å². The largest absolute Gasteiger partial charge is 0.444 e. The third kappa shape index (κ3) is 7.70. The third-order valence-electron chi connectivity index (χ3n) is 4.77. The van der Waals surface area contributed by atoms with Crippen molar-refractivity contribution in [2.24, 2.45) is 5.92 Å². The van der Waals surface area contributed by atoms with Gasteiger partial charge in [-0.3, -0.25) is 4.90 Å². The van der Waals surface area contributed by atoms with E-state index in [2.05, 4.69) is 4.90 Å². The molecule has 0 saturated carbocycles. The van der Waals surface area contributed by atoms with Crippen molar-refractivity contribution in [1.29, 1.82) is 0 Å². The van der Waals surface area contributed by atoms with Crippen LogP contribution < -0.4 is 0 Å². The van der Waals surface area contributed by atoms with Crippen LogP contribution in [0.25, 0.3) is 0 Å². The zero-order chi connectivity index (χ0) is 19.4. The molecule has 2 fully saturated rings. The summed E-state index contributed by atoms with van der Waals surface area (Å²) in [6.07, 6.45) is -1.67. The van der Waals surface area contributed by atoms with Gasteiger partial charge in [-0.1, -0.05) is 0 Å². The van der Waals surface area contributed by atoms with Gasteiger partial charge in [0.25, 0.3) is 0 Å². The van der Waals surface area contributed by atoms with Crippen LogP contribution in [0.3, 0.4) is 0 Å². The molecule has 2 aliphatic rings. The lowest BCUT2D eigenvalue weighted by atomic mass is 9.97. The van der Waals surface area contributed by atoms with Crippen LogP contribution in [0, 0.1) is 5.92 Å². The highest BCUT2D eigenvalue weighted by molar-refractivity contribution is 5.68. The Morgan fingerprint density at radius 2 is 1.65 bits per heavy atom. The number of likely N-dealkylation sites (tertiary alicyclic amines) is 1. The summed E-state index contributed by atoms with van der Waals surface area (Å²) in [7, 11) is 0. The first-order chi connectivity index (χ1) is 12.0. The van der Waals surface area contributed by atoms with E-state index in [4.69, 9.17) is 4.74 Å². The second kappa shape index (κ2) is 8.78. The number of hydrogen-bond acceptors (Lipinski definition) is 4. The molecule has 0 aliphatic carbocycles. The van der Waals surface area contributed by atoms with Crippen LogP contribution in [0.15, 0.2) is 0 Å². The number of piperidine rings is 1. The summed E-state index contributed by atoms with van der Waals surface area (Å²) in [6.45, 7) is 9.37. The van der Waals surface area contributed by atoms with E-state index in [-0.39, 0.29) is 6.09 Å². The summed E-state index contributed by atoms with van der Waals surface area (Å²) in [5.41, 5.74) is -0.503. The van der Waals surface area contributed by atoms with Crippen molar-refractivity contribution in [2.45, 2.75) is 51.8 Å². The van der Waals surface area contributed by atoms with Crippen molar-refractivity contribution in [1.82, 2.24) is 14.7 Å². The summed E-state index contributed by atoms with van der Waals surface area (Å²) < 4.78 is 43.2. The highest BCUT2D eigenvalue weighted by Gasteiger charge is 2.32. The highest BCUT2D eigenvalue weighted by atomic mass is 19.4. The van der Waals surface area contributed by atoms with Gasteiger partial charge >= 0.3 is 12.3 Å². The Hall–Kier alpha value is -1.02. The molecule has 8 heteroatoms. The van der Waals surface area contributed by atoms with Crippen molar-refractivity contribution < 1.29 is 22.7 Å². The zero-order valence-corrected chi connectivity index (χ0v) is 16.1. The maximum Gasteiger partial charge on any atom is 0.410 e. The highest BCUT2D eigenvalue weighted by Crippen LogP contribution is 2.22. The van der Waals surface area contributed by atoms with Gasteiger partial charge in [-0.25, -0.2) is 4.79 Å². The Kier molecular flexibility index (Phi) is 7.19. The molecule has 1 amide bonds. The maximum absolute atomic E-state index is 12.6. The molecule has 2 rings (SSSR count). The maximum atomic E-state index is 12.6. The van der Waals surface area contributed by atoms with Gasteiger partial charge in [-0.15, -0.1) is 0 Å². The number of rotatable bonds is 3. The Morgan fingerprint density at radius 1 is 1.00 bits per heavy atom. The van der Waals surface area contributed by atoms with Gasteiger partial charge in [0.15, 0.2) is 0 Å². The number of halogens is 3. The molecule has 0 unspecified atom stereocenters. The van der Waals surface area contributed by atoms with Crippen LogP contribution in [-0.2, 0) is 4.74 Å². The van der Waals surface area contributed by atoms with E-state index in [9.17, 15) is 18.0 Å². The Bertz CT molecular complexity index is 466. The first-order valence-electron chi connectivity index (χ1n) is 9.51. The van der Waals surface area contributed by atoms with Gasteiger partial charge in [-0.05, 0) is 59.0 Å². The normalized spacial score (nSPS) is 24.4. The number of hydrogen-bond donors (Lipinski definition) is 0. The molecular formula is C18H32F3N3O2. The molecule has 152 valence electrons. The molecule has 0 aromatic rings. The van der Waals surface area contributed by atoms with Crippen molar-refractivity contribution in [3.63, 3.8) is 0 Å². The SMILES string of the molecule is CC(C)(C)OC(=O)N1CCC[C@H](CN2CCCN(CC(F)(F)F)CC2)C1. The van der Waals surface area contributed by atoms with Crippen LogP contribution in [0.1, 0.15) is 40.0 Å². The average molecular weight is 379 g/mol. The lowest BCUT2D eigenvalue weighted by Gasteiger charge is -2.36. The Labute approximate surface area is 154 Å². The van der Waals surface area contributed by atoms with Gasteiger partial charge in [0.05, 0.1) is 6.54 Å². The predicted molar refractivity (Wildman–Crippen MR) is 94.1 cm³/mol. The molecule has 2 heterocycles. The third-order valence-corrected chi connectivity index (χ3v) is 4.77. The van der Waals surface area contributed by atoms with E-state index in [0.717, 1.165) is 32.4 Å². The first-order valence-corrected chi connectivity index (χ1v) is 9.51. The Balaban J connectivity index is 1.80. The first kappa shape index (κ1) is 21.3. The molecule has 0 N–H and O–H groups in total. The summed E-state index contributed by atoms with van der Waals surface area (Å²) in [4.78, 5) is 17.8. The quantitative estimate of drug-likeness (QED) is 0.755. The van der Waals surface area contributed by atoms with Crippen LogP contribution >= 0.6 is 0 Å². The van der Waals surface area contributed by atoms with Crippen molar-refractivity contribution in [2.75, 3.05) is 52.4 Å². The lowest BCUT2D eigenvalue weighted by Crippen LogP contribution is -2.46. The van der Waals surface area contributed by atoms with E-state index >= 15 is 0 Å².